The fourth-order valence-corrected chi connectivity index (χ4v) is 1.90. The van der Waals surface area contributed by atoms with Crippen LogP contribution in [0.15, 0.2) is 42.5 Å². The van der Waals surface area contributed by atoms with E-state index in [1.807, 2.05) is 12.1 Å². The second-order valence-corrected chi connectivity index (χ2v) is 4.49. The highest BCUT2D eigenvalue weighted by Gasteiger charge is 2.09. The standard InChI is InChI=1S/C15H16FNO/c1-10-8-12(4-7-14(10)16)15(17)9-11-2-5-13(18)6-3-11/h2-8,15,18H,9,17H2,1H3. The number of nitrogens with two attached hydrogens (primary N) is 1. The number of hydrogen-bond donors (Lipinski definition) is 2. The van der Waals surface area contributed by atoms with E-state index < -0.39 is 0 Å². The minimum Gasteiger partial charge on any atom is -0.508 e. The largest absolute Gasteiger partial charge is 0.508 e. The molecule has 2 aromatic carbocycles. The van der Waals surface area contributed by atoms with Gasteiger partial charge in [-0.1, -0.05) is 24.3 Å². The Morgan fingerprint density at radius 3 is 2.44 bits per heavy atom. The molecule has 0 saturated carbocycles. The quantitative estimate of drug-likeness (QED) is 0.872. The number of benzene rings is 2. The molecule has 0 fully saturated rings. The number of halogens is 1. The van der Waals surface area contributed by atoms with Crippen LogP contribution in [0.3, 0.4) is 0 Å². The molecule has 3 N–H and O–H groups in total. The number of hydrogen-bond acceptors (Lipinski definition) is 2. The molecule has 2 aromatic rings. The van der Waals surface area contributed by atoms with Crippen molar-refractivity contribution in [3.05, 3.63) is 65.0 Å². The Bertz CT molecular complexity index is 537. The highest BCUT2D eigenvalue weighted by Crippen LogP contribution is 2.20. The van der Waals surface area contributed by atoms with Crippen molar-refractivity contribution in [1.82, 2.24) is 0 Å². The summed E-state index contributed by atoms with van der Waals surface area (Å²) in [6.07, 6.45) is 0.658. The summed E-state index contributed by atoms with van der Waals surface area (Å²) in [6.45, 7) is 1.73. The fourth-order valence-electron chi connectivity index (χ4n) is 1.90. The number of phenols is 1. The topological polar surface area (TPSA) is 46.2 Å². The van der Waals surface area contributed by atoms with E-state index in [-0.39, 0.29) is 17.6 Å². The summed E-state index contributed by atoms with van der Waals surface area (Å²) in [5.41, 5.74) is 8.67. The third-order valence-electron chi connectivity index (χ3n) is 3.00. The van der Waals surface area contributed by atoms with Gasteiger partial charge in [-0.25, -0.2) is 4.39 Å². The van der Waals surface area contributed by atoms with Crippen LogP contribution in [0.25, 0.3) is 0 Å². The Hall–Kier alpha value is -1.87. The van der Waals surface area contributed by atoms with Gasteiger partial charge < -0.3 is 10.8 Å². The zero-order valence-corrected chi connectivity index (χ0v) is 10.2. The predicted molar refractivity (Wildman–Crippen MR) is 69.9 cm³/mol. The van der Waals surface area contributed by atoms with Gasteiger partial charge in [0.1, 0.15) is 11.6 Å². The van der Waals surface area contributed by atoms with Crippen molar-refractivity contribution in [2.24, 2.45) is 5.73 Å². The van der Waals surface area contributed by atoms with Crippen LogP contribution in [-0.4, -0.2) is 5.11 Å². The third kappa shape index (κ3) is 2.87. The maximum atomic E-state index is 13.2. The first-order chi connectivity index (χ1) is 8.56. The number of aryl methyl sites for hydroxylation is 1. The van der Waals surface area contributed by atoms with Crippen molar-refractivity contribution >= 4 is 0 Å². The smallest absolute Gasteiger partial charge is 0.126 e. The van der Waals surface area contributed by atoms with Crippen LogP contribution in [0.4, 0.5) is 4.39 Å². The third-order valence-corrected chi connectivity index (χ3v) is 3.00. The molecule has 2 rings (SSSR count). The van der Waals surface area contributed by atoms with Gasteiger partial charge in [0.2, 0.25) is 0 Å². The van der Waals surface area contributed by atoms with Crippen LogP contribution in [0.5, 0.6) is 5.75 Å². The minimum absolute atomic E-state index is 0.172. The van der Waals surface area contributed by atoms with Crippen LogP contribution in [0.1, 0.15) is 22.7 Å². The first kappa shape index (κ1) is 12.6. The molecular formula is C15H16FNO. The lowest BCUT2D eigenvalue weighted by atomic mass is 9.98. The molecule has 0 amide bonds. The van der Waals surface area contributed by atoms with E-state index in [9.17, 15) is 9.50 Å². The van der Waals surface area contributed by atoms with Crippen molar-refractivity contribution in [3.63, 3.8) is 0 Å². The van der Waals surface area contributed by atoms with E-state index >= 15 is 0 Å². The molecule has 3 heteroatoms. The van der Waals surface area contributed by atoms with E-state index in [2.05, 4.69) is 0 Å². The van der Waals surface area contributed by atoms with E-state index in [0.717, 1.165) is 11.1 Å². The zero-order valence-electron chi connectivity index (χ0n) is 10.2. The Labute approximate surface area is 106 Å². The SMILES string of the molecule is Cc1cc(C(N)Cc2ccc(O)cc2)ccc1F. The molecular weight excluding hydrogens is 229 g/mol. The molecule has 0 aliphatic rings. The average molecular weight is 245 g/mol. The molecule has 1 unspecified atom stereocenters. The Balaban J connectivity index is 2.13. The second-order valence-electron chi connectivity index (χ2n) is 4.49. The lowest BCUT2D eigenvalue weighted by Gasteiger charge is -2.13. The number of rotatable bonds is 3. The molecule has 0 aromatic heterocycles. The fraction of sp³-hybridized carbons (Fsp3) is 0.200. The zero-order chi connectivity index (χ0) is 13.1. The summed E-state index contributed by atoms with van der Waals surface area (Å²) in [5.74, 6) is 0.0283. The normalized spacial score (nSPS) is 12.4. The molecule has 0 saturated heterocycles. The second kappa shape index (κ2) is 5.19. The first-order valence-corrected chi connectivity index (χ1v) is 5.86. The van der Waals surface area contributed by atoms with Gasteiger partial charge in [-0.15, -0.1) is 0 Å². The summed E-state index contributed by atoms with van der Waals surface area (Å²) in [7, 11) is 0. The molecule has 0 bridgehead atoms. The van der Waals surface area contributed by atoms with Crippen LogP contribution >= 0.6 is 0 Å². The van der Waals surface area contributed by atoms with Gasteiger partial charge in [0, 0.05) is 6.04 Å². The number of phenolic OH excluding ortho intramolecular Hbond substituents is 1. The van der Waals surface area contributed by atoms with E-state index in [1.54, 1.807) is 31.2 Å². The van der Waals surface area contributed by atoms with Gasteiger partial charge in [0.05, 0.1) is 0 Å². The van der Waals surface area contributed by atoms with Crippen LogP contribution < -0.4 is 5.73 Å². The van der Waals surface area contributed by atoms with E-state index in [0.29, 0.717) is 12.0 Å². The Kier molecular flexibility index (Phi) is 3.63. The highest BCUT2D eigenvalue weighted by atomic mass is 19.1. The lowest BCUT2D eigenvalue weighted by molar-refractivity contribution is 0.475. The van der Waals surface area contributed by atoms with Crippen molar-refractivity contribution in [2.45, 2.75) is 19.4 Å². The van der Waals surface area contributed by atoms with Crippen molar-refractivity contribution in [1.29, 1.82) is 0 Å². The molecule has 0 radical (unpaired) electrons. The van der Waals surface area contributed by atoms with Crippen LogP contribution in [-0.2, 0) is 6.42 Å². The van der Waals surface area contributed by atoms with Crippen LogP contribution in [0, 0.1) is 12.7 Å². The van der Waals surface area contributed by atoms with Crippen molar-refractivity contribution in [3.8, 4) is 5.75 Å². The van der Waals surface area contributed by atoms with Crippen molar-refractivity contribution < 1.29 is 9.50 Å². The minimum atomic E-state index is -0.212. The summed E-state index contributed by atoms with van der Waals surface area (Å²) in [4.78, 5) is 0. The molecule has 94 valence electrons. The van der Waals surface area contributed by atoms with Gasteiger partial charge in [-0.05, 0) is 48.2 Å². The Morgan fingerprint density at radius 1 is 1.17 bits per heavy atom. The van der Waals surface area contributed by atoms with E-state index in [4.69, 9.17) is 5.73 Å². The predicted octanol–water partition coefficient (Wildman–Crippen LogP) is 3.08. The maximum absolute atomic E-state index is 13.2. The molecule has 0 heterocycles. The lowest BCUT2D eigenvalue weighted by Crippen LogP contribution is -2.13. The molecule has 0 aliphatic heterocycles. The molecule has 18 heavy (non-hydrogen) atoms. The summed E-state index contributed by atoms with van der Waals surface area (Å²) >= 11 is 0. The van der Waals surface area contributed by atoms with Gasteiger partial charge in [-0.2, -0.15) is 0 Å². The van der Waals surface area contributed by atoms with Crippen molar-refractivity contribution in [2.75, 3.05) is 0 Å². The molecule has 2 nitrogen and oxygen atoms in total. The summed E-state index contributed by atoms with van der Waals surface area (Å²) in [6, 6.07) is 11.7. The highest BCUT2D eigenvalue weighted by molar-refractivity contribution is 5.30. The van der Waals surface area contributed by atoms with E-state index in [1.165, 1.54) is 6.07 Å². The Morgan fingerprint density at radius 2 is 1.83 bits per heavy atom. The average Bonchev–Trinajstić information content (AvgIpc) is 2.35. The summed E-state index contributed by atoms with van der Waals surface area (Å²) in [5, 5.41) is 9.20. The molecule has 0 spiro atoms. The van der Waals surface area contributed by atoms with Gasteiger partial charge in [0.15, 0.2) is 0 Å². The van der Waals surface area contributed by atoms with Gasteiger partial charge in [-0.3, -0.25) is 0 Å². The summed E-state index contributed by atoms with van der Waals surface area (Å²) < 4.78 is 13.2. The van der Waals surface area contributed by atoms with Gasteiger partial charge >= 0.3 is 0 Å². The maximum Gasteiger partial charge on any atom is 0.126 e. The first-order valence-electron chi connectivity index (χ1n) is 5.86. The van der Waals surface area contributed by atoms with Crippen LogP contribution in [0.2, 0.25) is 0 Å². The monoisotopic (exact) mass is 245 g/mol. The molecule has 0 aliphatic carbocycles. The molecule has 1 atom stereocenters. The number of aromatic hydroxyl groups is 1. The van der Waals surface area contributed by atoms with Gasteiger partial charge in [0.25, 0.3) is 0 Å².